The fourth-order valence-corrected chi connectivity index (χ4v) is 1.69. The summed E-state index contributed by atoms with van der Waals surface area (Å²) in [6.45, 7) is 2.08. The highest BCUT2D eigenvalue weighted by Crippen LogP contribution is 2.28. The van der Waals surface area contributed by atoms with Crippen molar-refractivity contribution in [1.29, 1.82) is 0 Å². The van der Waals surface area contributed by atoms with Gasteiger partial charge in [0.25, 0.3) is 0 Å². The molecule has 0 aliphatic heterocycles. The molecule has 0 heterocycles. The molecular weight excluding hydrogens is 350 g/mol. The molecule has 2 amide bonds. The van der Waals surface area contributed by atoms with E-state index in [4.69, 9.17) is 10.5 Å². The summed E-state index contributed by atoms with van der Waals surface area (Å²) in [4.78, 5) is 22.6. The maximum absolute atomic E-state index is 11.7. The first-order valence-electron chi connectivity index (χ1n) is 5.75. The van der Waals surface area contributed by atoms with Crippen molar-refractivity contribution in [2.75, 3.05) is 25.0 Å². The van der Waals surface area contributed by atoms with Crippen LogP contribution in [0.3, 0.4) is 0 Å². The minimum atomic E-state index is -0.380. The van der Waals surface area contributed by atoms with Gasteiger partial charge >= 0.3 is 0 Å². The summed E-state index contributed by atoms with van der Waals surface area (Å²) < 4.78 is 6.21. The summed E-state index contributed by atoms with van der Waals surface area (Å²) in [7, 11) is 0. The Morgan fingerprint density at radius 2 is 2.05 bits per heavy atom. The van der Waals surface area contributed by atoms with Gasteiger partial charge in [-0.3, -0.25) is 9.59 Å². The molecule has 4 N–H and O–H groups in total. The molecule has 1 rings (SSSR count). The number of carbonyl (C=O) groups excluding carboxylic acids is 2. The van der Waals surface area contributed by atoms with Gasteiger partial charge in [-0.05, 0) is 25.1 Å². The van der Waals surface area contributed by atoms with Crippen LogP contribution < -0.4 is 21.1 Å². The van der Waals surface area contributed by atoms with E-state index in [1.807, 2.05) is 13.0 Å². The van der Waals surface area contributed by atoms with E-state index in [-0.39, 0.29) is 37.3 Å². The molecule has 0 aromatic heterocycles. The summed E-state index contributed by atoms with van der Waals surface area (Å²) in [6, 6.07) is 5.30. The number of anilines is 1. The number of hydrogen-bond acceptors (Lipinski definition) is 4. The van der Waals surface area contributed by atoms with Gasteiger partial charge in [0.05, 0.1) is 25.4 Å². The molecule has 112 valence electrons. The van der Waals surface area contributed by atoms with Gasteiger partial charge in [0.15, 0.2) is 0 Å². The molecule has 1 aromatic carbocycles. The van der Waals surface area contributed by atoms with E-state index >= 15 is 0 Å². The second kappa shape index (κ2) is 9.57. The second-order valence-electron chi connectivity index (χ2n) is 3.60. The van der Waals surface area contributed by atoms with Gasteiger partial charge < -0.3 is 21.1 Å². The first-order chi connectivity index (χ1) is 9.06. The molecule has 0 spiro atoms. The lowest BCUT2D eigenvalue weighted by atomic mass is 10.3. The van der Waals surface area contributed by atoms with Crippen LogP contribution in [0, 0.1) is 0 Å². The molecule has 0 aliphatic carbocycles. The van der Waals surface area contributed by atoms with Crippen LogP contribution in [-0.2, 0) is 9.59 Å². The van der Waals surface area contributed by atoms with Gasteiger partial charge in [-0.15, -0.1) is 12.4 Å². The summed E-state index contributed by atoms with van der Waals surface area (Å²) >= 11 is 3.32. The number of nitrogens with one attached hydrogen (secondary N) is 2. The van der Waals surface area contributed by atoms with Crippen LogP contribution >= 0.6 is 28.3 Å². The van der Waals surface area contributed by atoms with E-state index in [9.17, 15) is 9.59 Å². The Labute approximate surface area is 132 Å². The zero-order valence-electron chi connectivity index (χ0n) is 10.9. The van der Waals surface area contributed by atoms with Gasteiger partial charge in [0.1, 0.15) is 5.75 Å². The van der Waals surface area contributed by atoms with E-state index in [1.165, 1.54) is 0 Å². The van der Waals surface area contributed by atoms with Crippen LogP contribution in [0.15, 0.2) is 22.7 Å². The first-order valence-corrected chi connectivity index (χ1v) is 6.55. The maximum Gasteiger partial charge on any atom is 0.243 e. The number of hydrogen-bond donors (Lipinski definition) is 3. The molecule has 0 unspecified atom stereocenters. The SMILES string of the molecule is CCOc1ccc(Br)cc1NC(=O)CNC(=O)CN.Cl. The minimum absolute atomic E-state index is 0. The zero-order chi connectivity index (χ0) is 14.3. The standard InChI is InChI=1S/C12H16BrN3O3.ClH/c1-2-19-10-4-3-8(13)5-9(10)16-12(18)7-15-11(17)6-14;/h3-5H,2,6-7,14H2,1H3,(H,15,17)(H,16,18);1H. The summed E-state index contributed by atoms with van der Waals surface area (Å²) in [6.07, 6.45) is 0. The van der Waals surface area contributed by atoms with Gasteiger partial charge in [0.2, 0.25) is 11.8 Å². The van der Waals surface area contributed by atoms with Crippen molar-refractivity contribution >= 4 is 45.8 Å². The smallest absolute Gasteiger partial charge is 0.243 e. The molecule has 0 fully saturated rings. The van der Waals surface area contributed by atoms with Crippen LogP contribution in [0.2, 0.25) is 0 Å². The van der Waals surface area contributed by atoms with Gasteiger partial charge in [0, 0.05) is 4.47 Å². The van der Waals surface area contributed by atoms with Crippen LogP contribution in [0.5, 0.6) is 5.75 Å². The molecule has 1 aromatic rings. The Kier molecular flexibility index (Phi) is 8.94. The number of rotatable bonds is 6. The van der Waals surface area contributed by atoms with Crippen LogP contribution in [0.1, 0.15) is 6.92 Å². The highest BCUT2D eigenvalue weighted by atomic mass is 79.9. The average molecular weight is 367 g/mol. The lowest BCUT2D eigenvalue weighted by Gasteiger charge is -2.12. The van der Waals surface area contributed by atoms with Crippen molar-refractivity contribution in [2.45, 2.75) is 6.92 Å². The number of ether oxygens (including phenoxy) is 1. The molecule has 20 heavy (non-hydrogen) atoms. The van der Waals surface area contributed by atoms with Crippen molar-refractivity contribution in [2.24, 2.45) is 5.73 Å². The van der Waals surface area contributed by atoms with Crippen molar-refractivity contribution in [3.63, 3.8) is 0 Å². The Hall–Kier alpha value is -1.31. The molecule has 6 nitrogen and oxygen atoms in total. The molecule has 0 aliphatic rings. The predicted molar refractivity (Wildman–Crippen MR) is 83.3 cm³/mol. The van der Waals surface area contributed by atoms with Gasteiger partial charge in [-0.1, -0.05) is 15.9 Å². The number of halogens is 2. The Morgan fingerprint density at radius 3 is 2.65 bits per heavy atom. The van der Waals surface area contributed by atoms with E-state index in [0.717, 1.165) is 4.47 Å². The lowest BCUT2D eigenvalue weighted by molar-refractivity contribution is -0.123. The highest BCUT2D eigenvalue weighted by Gasteiger charge is 2.09. The van der Waals surface area contributed by atoms with E-state index in [1.54, 1.807) is 12.1 Å². The van der Waals surface area contributed by atoms with Crippen LogP contribution in [0.4, 0.5) is 5.69 Å². The van der Waals surface area contributed by atoms with Crippen molar-refractivity contribution in [3.05, 3.63) is 22.7 Å². The summed E-state index contributed by atoms with van der Waals surface area (Å²) in [5.74, 6) is -0.153. The highest BCUT2D eigenvalue weighted by molar-refractivity contribution is 9.10. The summed E-state index contributed by atoms with van der Waals surface area (Å²) in [5.41, 5.74) is 5.67. The second-order valence-corrected chi connectivity index (χ2v) is 4.52. The number of nitrogens with two attached hydrogens (primary N) is 1. The normalized spacial score (nSPS) is 9.35. The van der Waals surface area contributed by atoms with Crippen LogP contribution in [-0.4, -0.2) is 31.5 Å². The molecule has 0 bridgehead atoms. The number of amides is 2. The Morgan fingerprint density at radius 1 is 1.35 bits per heavy atom. The topological polar surface area (TPSA) is 93.5 Å². The Bertz CT molecular complexity index is 471. The molecular formula is C12H17BrClN3O3. The average Bonchev–Trinajstić information content (AvgIpc) is 2.39. The number of benzene rings is 1. The molecule has 0 radical (unpaired) electrons. The van der Waals surface area contributed by atoms with E-state index in [0.29, 0.717) is 18.0 Å². The van der Waals surface area contributed by atoms with Gasteiger partial charge in [-0.2, -0.15) is 0 Å². The predicted octanol–water partition coefficient (Wildman–Crippen LogP) is 1.28. The van der Waals surface area contributed by atoms with Crippen molar-refractivity contribution in [1.82, 2.24) is 5.32 Å². The monoisotopic (exact) mass is 365 g/mol. The molecule has 0 atom stereocenters. The van der Waals surface area contributed by atoms with E-state index < -0.39 is 0 Å². The summed E-state index contributed by atoms with van der Waals surface area (Å²) in [5, 5.41) is 5.06. The van der Waals surface area contributed by atoms with Gasteiger partial charge in [-0.25, -0.2) is 0 Å². The first kappa shape index (κ1) is 18.7. The third kappa shape index (κ3) is 6.23. The third-order valence-electron chi connectivity index (χ3n) is 2.15. The van der Waals surface area contributed by atoms with Crippen molar-refractivity contribution in [3.8, 4) is 5.75 Å². The Balaban J connectivity index is 0.00000361. The van der Waals surface area contributed by atoms with Crippen molar-refractivity contribution < 1.29 is 14.3 Å². The fourth-order valence-electron chi connectivity index (χ4n) is 1.33. The molecule has 0 saturated carbocycles. The maximum atomic E-state index is 11.7. The number of carbonyl (C=O) groups is 2. The fraction of sp³-hybridized carbons (Fsp3) is 0.333. The quantitative estimate of drug-likeness (QED) is 0.707. The lowest BCUT2D eigenvalue weighted by Crippen LogP contribution is -2.36. The largest absolute Gasteiger partial charge is 0.492 e. The third-order valence-corrected chi connectivity index (χ3v) is 2.64. The van der Waals surface area contributed by atoms with Crippen LogP contribution in [0.25, 0.3) is 0 Å². The minimum Gasteiger partial charge on any atom is -0.492 e. The zero-order valence-corrected chi connectivity index (χ0v) is 13.3. The molecule has 8 heteroatoms. The van der Waals surface area contributed by atoms with E-state index in [2.05, 4.69) is 26.6 Å². The molecule has 0 saturated heterocycles.